The molecule has 0 saturated carbocycles. The molecule has 1 fully saturated rings. The third-order valence-electron chi connectivity index (χ3n) is 7.06. The van der Waals surface area contributed by atoms with E-state index in [0.29, 0.717) is 38.4 Å². The number of aryl methyl sites for hydroxylation is 1. The van der Waals surface area contributed by atoms with Crippen LogP contribution in [0.15, 0.2) is 67.0 Å². The number of aromatic nitrogens is 2. The summed E-state index contributed by atoms with van der Waals surface area (Å²) in [5.74, 6) is 1.33. The van der Waals surface area contributed by atoms with Crippen LogP contribution in [0.1, 0.15) is 47.1 Å². The Bertz CT molecular complexity index is 1180. The average molecular weight is 473 g/mol. The van der Waals surface area contributed by atoms with Crippen molar-refractivity contribution in [3.63, 3.8) is 0 Å². The van der Waals surface area contributed by atoms with Gasteiger partial charge in [-0.3, -0.25) is 14.5 Å². The molecule has 7 heteroatoms. The minimum atomic E-state index is -0.185. The molecule has 2 aromatic carbocycles. The number of carbonyl (C=O) groups is 2. The highest BCUT2D eigenvalue weighted by atomic mass is 16.5. The van der Waals surface area contributed by atoms with Gasteiger partial charge in [0.2, 0.25) is 11.7 Å². The zero-order chi connectivity index (χ0) is 24.2. The van der Waals surface area contributed by atoms with Gasteiger partial charge in [-0.15, -0.1) is 0 Å². The highest BCUT2D eigenvalue weighted by molar-refractivity contribution is 5.95. The van der Waals surface area contributed by atoms with E-state index in [1.54, 1.807) is 17.0 Å². The number of amides is 1. The maximum atomic E-state index is 13.2. The third kappa shape index (κ3) is 5.30. The summed E-state index contributed by atoms with van der Waals surface area (Å²) in [6, 6.07) is 18.4. The Kier molecular flexibility index (Phi) is 6.95. The Labute approximate surface area is 206 Å². The van der Waals surface area contributed by atoms with E-state index in [2.05, 4.69) is 28.1 Å². The number of hydrogen-bond acceptors (Lipinski definition) is 5. The molecular weight excluding hydrogens is 440 g/mol. The fourth-order valence-corrected chi connectivity index (χ4v) is 5.11. The van der Waals surface area contributed by atoms with Crippen molar-refractivity contribution in [2.75, 3.05) is 26.2 Å². The third-order valence-corrected chi connectivity index (χ3v) is 7.06. The molecule has 182 valence electrons. The van der Waals surface area contributed by atoms with Gasteiger partial charge in [0.05, 0.1) is 0 Å². The van der Waals surface area contributed by atoms with Crippen LogP contribution in [0.3, 0.4) is 0 Å². The van der Waals surface area contributed by atoms with E-state index < -0.39 is 0 Å². The van der Waals surface area contributed by atoms with Crippen molar-refractivity contribution < 1.29 is 14.3 Å². The molecule has 3 heterocycles. The first-order chi connectivity index (χ1) is 17.1. The molecule has 2 aliphatic rings. The predicted octanol–water partition coefficient (Wildman–Crippen LogP) is 3.87. The number of imidazole rings is 1. The Morgan fingerprint density at radius 1 is 1.06 bits per heavy atom. The van der Waals surface area contributed by atoms with Gasteiger partial charge in [0.15, 0.2) is 5.82 Å². The number of ketones is 1. The van der Waals surface area contributed by atoms with Gasteiger partial charge in [0.1, 0.15) is 11.9 Å². The highest BCUT2D eigenvalue weighted by Crippen LogP contribution is 2.31. The van der Waals surface area contributed by atoms with Gasteiger partial charge >= 0.3 is 0 Å². The summed E-state index contributed by atoms with van der Waals surface area (Å²) >= 11 is 0. The van der Waals surface area contributed by atoms with Crippen LogP contribution in [0.4, 0.5) is 0 Å². The van der Waals surface area contributed by atoms with Crippen molar-refractivity contribution in [1.29, 1.82) is 0 Å². The number of para-hydroxylation sites is 1. The first-order valence-electron chi connectivity index (χ1n) is 12.4. The zero-order valence-electron chi connectivity index (χ0n) is 20.2. The van der Waals surface area contributed by atoms with Crippen LogP contribution in [0.5, 0.6) is 5.75 Å². The molecule has 3 aromatic rings. The van der Waals surface area contributed by atoms with Crippen molar-refractivity contribution in [2.45, 2.75) is 31.9 Å². The molecule has 1 saturated heterocycles. The number of likely N-dealkylation sites (tertiary alicyclic amines) is 1. The summed E-state index contributed by atoms with van der Waals surface area (Å²) in [5, 5.41) is 0. The van der Waals surface area contributed by atoms with Crippen molar-refractivity contribution in [3.05, 3.63) is 83.9 Å². The number of Topliss-reactive ketones (excluding diaryl/α,β-unsaturated/α-hetero) is 1. The van der Waals surface area contributed by atoms with Gasteiger partial charge in [-0.25, -0.2) is 4.98 Å². The lowest BCUT2D eigenvalue weighted by Crippen LogP contribution is -2.43. The number of piperidine rings is 1. The lowest BCUT2D eigenvalue weighted by molar-refractivity contribution is -0.133. The molecule has 7 nitrogen and oxygen atoms in total. The van der Waals surface area contributed by atoms with Crippen LogP contribution in [0, 0.1) is 5.92 Å². The molecule has 0 N–H and O–H groups in total. The second-order valence-corrected chi connectivity index (χ2v) is 9.51. The topological polar surface area (TPSA) is 67.7 Å². The SMILES string of the molecule is Cn1ccnc1C(=O)[C@H]1CCCN(C(=O)CCN2Cc3ccccc3O[C@@H](c3ccccc3)C2)C1. The molecule has 1 aromatic heterocycles. The van der Waals surface area contributed by atoms with Crippen molar-refractivity contribution >= 4 is 11.7 Å². The fraction of sp³-hybridized carbons (Fsp3) is 0.393. The standard InChI is InChI=1S/C28H32N4O3/c1-30-17-14-29-28(30)27(34)23-11-7-15-32(19-23)26(33)13-16-31-18-22-10-5-6-12-24(22)35-25(20-31)21-8-3-2-4-9-21/h2-6,8-10,12,14,17,23,25H,7,11,13,15-16,18-20H2,1H3/t23-,25+/m0/s1. The van der Waals surface area contributed by atoms with Crippen LogP contribution in [0.25, 0.3) is 0 Å². The summed E-state index contributed by atoms with van der Waals surface area (Å²) in [6.45, 7) is 3.29. The molecule has 0 radical (unpaired) electrons. The Morgan fingerprint density at radius 3 is 2.66 bits per heavy atom. The summed E-state index contributed by atoms with van der Waals surface area (Å²) < 4.78 is 8.15. The molecule has 0 bridgehead atoms. The number of fused-ring (bicyclic) bond motifs is 1. The van der Waals surface area contributed by atoms with Gasteiger partial charge in [0.25, 0.3) is 0 Å². The van der Waals surface area contributed by atoms with Crippen LogP contribution >= 0.6 is 0 Å². The van der Waals surface area contributed by atoms with E-state index in [1.807, 2.05) is 48.3 Å². The molecule has 1 amide bonds. The molecular formula is C28H32N4O3. The number of nitrogens with zero attached hydrogens (tertiary/aromatic N) is 4. The average Bonchev–Trinajstić information content (AvgIpc) is 3.23. The normalized spacial score (nSPS) is 20.5. The van der Waals surface area contributed by atoms with E-state index in [-0.39, 0.29) is 23.7 Å². The smallest absolute Gasteiger partial charge is 0.223 e. The number of rotatable bonds is 6. The van der Waals surface area contributed by atoms with E-state index in [0.717, 1.165) is 36.3 Å². The lowest BCUT2D eigenvalue weighted by atomic mass is 9.93. The predicted molar refractivity (Wildman–Crippen MR) is 133 cm³/mol. The van der Waals surface area contributed by atoms with E-state index >= 15 is 0 Å². The number of benzene rings is 2. The van der Waals surface area contributed by atoms with Crippen molar-refractivity contribution in [3.8, 4) is 5.75 Å². The van der Waals surface area contributed by atoms with Gasteiger partial charge in [-0.05, 0) is 24.5 Å². The van der Waals surface area contributed by atoms with Crippen LogP contribution in [0.2, 0.25) is 0 Å². The summed E-state index contributed by atoms with van der Waals surface area (Å²) in [6.07, 6.45) is 5.40. The van der Waals surface area contributed by atoms with Crippen molar-refractivity contribution in [2.24, 2.45) is 13.0 Å². The Hall–Kier alpha value is -3.45. The quantitative estimate of drug-likeness (QED) is 0.510. The summed E-state index contributed by atoms with van der Waals surface area (Å²) in [5.41, 5.74) is 2.27. The maximum Gasteiger partial charge on any atom is 0.223 e. The van der Waals surface area contributed by atoms with E-state index in [4.69, 9.17) is 4.74 Å². The van der Waals surface area contributed by atoms with Gasteiger partial charge in [-0.2, -0.15) is 0 Å². The number of hydrogen-bond donors (Lipinski definition) is 0. The Morgan fingerprint density at radius 2 is 1.86 bits per heavy atom. The summed E-state index contributed by atoms with van der Waals surface area (Å²) in [4.78, 5) is 34.5. The van der Waals surface area contributed by atoms with Gasteiger partial charge in [-0.1, -0.05) is 48.5 Å². The zero-order valence-corrected chi connectivity index (χ0v) is 20.2. The number of carbonyl (C=O) groups excluding carboxylic acids is 2. The maximum absolute atomic E-state index is 13.2. The summed E-state index contributed by atoms with van der Waals surface area (Å²) in [7, 11) is 1.83. The molecule has 2 aliphatic heterocycles. The second-order valence-electron chi connectivity index (χ2n) is 9.51. The molecule has 0 aliphatic carbocycles. The molecule has 5 rings (SSSR count). The molecule has 35 heavy (non-hydrogen) atoms. The minimum absolute atomic E-state index is 0.0296. The van der Waals surface area contributed by atoms with E-state index in [1.165, 1.54) is 0 Å². The number of ether oxygens (including phenoxy) is 1. The first-order valence-corrected chi connectivity index (χ1v) is 12.4. The van der Waals surface area contributed by atoms with Crippen LogP contribution < -0.4 is 4.74 Å². The fourth-order valence-electron chi connectivity index (χ4n) is 5.11. The largest absolute Gasteiger partial charge is 0.484 e. The Balaban J connectivity index is 1.23. The van der Waals surface area contributed by atoms with Gasteiger partial charge < -0.3 is 14.2 Å². The van der Waals surface area contributed by atoms with Crippen LogP contribution in [-0.2, 0) is 18.4 Å². The van der Waals surface area contributed by atoms with Gasteiger partial charge in [0, 0.05) is 70.1 Å². The molecule has 0 unspecified atom stereocenters. The molecule has 2 atom stereocenters. The lowest BCUT2D eigenvalue weighted by Gasteiger charge is -2.32. The second kappa shape index (κ2) is 10.4. The van der Waals surface area contributed by atoms with E-state index in [9.17, 15) is 9.59 Å². The highest BCUT2D eigenvalue weighted by Gasteiger charge is 2.31. The molecule has 0 spiro atoms. The van der Waals surface area contributed by atoms with Crippen LogP contribution in [-0.4, -0.2) is 57.2 Å². The monoisotopic (exact) mass is 472 g/mol. The van der Waals surface area contributed by atoms with Crippen molar-refractivity contribution in [1.82, 2.24) is 19.4 Å². The minimum Gasteiger partial charge on any atom is -0.484 e. The first kappa shape index (κ1) is 23.3.